The average molecular weight is 150 g/mol. The minimum atomic E-state index is 0.0787. The number of methoxy groups -OCH3 is 1. The lowest BCUT2D eigenvalue weighted by atomic mass is 10.0. The molecule has 5 aliphatic carbocycles. The van der Waals surface area contributed by atoms with E-state index < -0.39 is 0 Å². The average Bonchev–Trinajstić information content (AvgIpc) is 2.68. The molecule has 0 atom stereocenters. The van der Waals surface area contributed by atoms with E-state index in [4.69, 9.17) is 4.74 Å². The normalized spacial score (nSPS) is 71.5. The molecule has 0 saturated heterocycles. The Morgan fingerprint density at radius 3 is 1.82 bits per heavy atom. The van der Waals surface area contributed by atoms with Crippen LogP contribution in [0.25, 0.3) is 0 Å². The molecule has 2 heteroatoms. The van der Waals surface area contributed by atoms with Gasteiger partial charge in [0.2, 0.25) is 0 Å². The van der Waals surface area contributed by atoms with Gasteiger partial charge in [0, 0.05) is 0 Å². The number of rotatable bonds is 1. The van der Waals surface area contributed by atoms with E-state index in [1.54, 1.807) is 0 Å². The van der Waals surface area contributed by atoms with Gasteiger partial charge in [-0.15, -0.1) is 0 Å². The SMILES string of the molecule is COC(=O)C1C2C3C2C2C1C32. The lowest BCUT2D eigenvalue weighted by Crippen LogP contribution is -2.17. The van der Waals surface area contributed by atoms with E-state index in [-0.39, 0.29) is 5.97 Å². The molecule has 2 bridgehead atoms. The predicted octanol–water partition coefficient (Wildman–Crippen LogP) is 0.527. The zero-order chi connectivity index (χ0) is 7.33. The number of carbonyl (C=O) groups excluding carboxylic acids is 1. The maximum absolute atomic E-state index is 11.3. The van der Waals surface area contributed by atoms with Crippen molar-refractivity contribution in [3.05, 3.63) is 0 Å². The molecule has 0 spiro atoms. The number of carbonyl (C=O) groups is 1. The molecule has 0 heterocycles. The third-order valence-electron chi connectivity index (χ3n) is 4.58. The number of hydrogen-bond donors (Lipinski definition) is 0. The molecule has 0 N–H and O–H groups in total. The van der Waals surface area contributed by atoms with Crippen LogP contribution in [0.3, 0.4) is 0 Å². The van der Waals surface area contributed by atoms with Crippen molar-refractivity contribution in [2.24, 2.45) is 41.4 Å². The van der Waals surface area contributed by atoms with E-state index in [9.17, 15) is 4.79 Å². The minimum absolute atomic E-state index is 0.0787. The van der Waals surface area contributed by atoms with Crippen molar-refractivity contribution in [1.29, 1.82) is 0 Å². The Morgan fingerprint density at radius 2 is 1.45 bits per heavy atom. The third-order valence-corrected chi connectivity index (χ3v) is 4.58. The van der Waals surface area contributed by atoms with Crippen LogP contribution in [0.2, 0.25) is 0 Å². The Bertz CT molecular complexity index is 229. The summed E-state index contributed by atoms with van der Waals surface area (Å²) < 4.78 is 4.80. The fourth-order valence-corrected chi connectivity index (χ4v) is 4.34. The summed E-state index contributed by atoms with van der Waals surface area (Å²) >= 11 is 0. The highest BCUT2D eigenvalue weighted by atomic mass is 16.5. The molecule has 11 heavy (non-hydrogen) atoms. The van der Waals surface area contributed by atoms with Gasteiger partial charge in [0.15, 0.2) is 0 Å². The summed E-state index contributed by atoms with van der Waals surface area (Å²) in [5, 5.41) is 0. The Labute approximate surface area is 64.9 Å². The molecular formula is C9H10O2. The van der Waals surface area contributed by atoms with Crippen LogP contribution in [0.4, 0.5) is 0 Å². The molecular weight excluding hydrogens is 140 g/mol. The first-order chi connectivity index (χ1) is 5.36. The Morgan fingerprint density at radius 1 is 1.00 bits per heavy atom. The zero-order valence-electron chi connectivity index (χ0n) is 6.36. The van der Waals surface area contributed by atoms with Gasteiger partial charge in [-0.05, 0) is 35.5 Å². The fraction of sp³-hybridized carbons (Fsp3) is 0.889. The minimum Gasteiger partial charge on any atom is -0.469 e. The van der Waals surface area contributed by atoms with Crippen LogP contribution >= 0.6 is 0 Å². The van der Waals surface area contributed by atoms with Gasteiger partial charge in [-0.25, -0.2) is 0 Å². The van der Waals surface area contributed by atoms with E-state index in [2.05, 4.69) is 0 Å². The third kappa shape index (κ3) is 0.307. The Hall–Kier alpha value is -0.530. The smallest absolute Gasteiger partial charge is 0.309 e. The zero-order valence-corrected chi connectivity index (χ0v) is 6.36. The quantitative estimate of drug-likeness (QED) is 0.509. The van der Waals surface area contributed by atoms with Crippen LogP contribution in [0.5, 0.6) is 0 Å². The van der Waals surface area contributed by atoms with Crippen molar-refractivity contribution >= 4 is 5.97 Å². The summed E-state index contributed by atoms with van der Waals surface area (Å²) in [7, 11) is 1.52. The first-order valence-corrected chi connectivity index (χ1v) is 4.44. The summed E-state index contributed by atoms with van der Waals surface area (Å²) in [6.07, 6.45) is 0. The number of hydrogen-bond acceptors (Lipinski definition) is 2. The number of esters is 1. The molecule has 5 aliphatic rings. The lowest BCUT2D eigenvalue weighted by Gasteiger charge is -2.06. The van der Waals surface area contributed by atoms with E-state index in [0.717, 1.165) is 35.5 Å². The highest BCUT2D eigenvalue weighted by Gasteiger charge is 2.92. The van der Waals surface area contributed by atoms with Crippen LogP contribution in [0, 0.1) is 41.4 Å². The van der Waals surface area contributed by atoms with Crippen molar-refractivity contribution < 1.29 is 9.53 Å². The van der Waals surface area contributed by atoms with Crippen molar-refractivity contribution in [2.45, 2.75) is 0 Å². The van der Waals surface area contributed by atoms with Crippen LogP contribution in [0.15, 0.2) is 0 Å². The first kappa shape index (κ1) is 5.18. The fourth-order valence-electron chi connectivity index (χ4n) is 4.34. The van der Waals surface area contributed by atoms with E-state index in [1.807, 2.05) is 0 Å². The maximum atomic E-state index is 11.3. The molecule has 0 amide bonds. The van der Waals surface area contributed by atoms with Crippen molar-refractivity contribution in [2.75, 3.05) is 7.11 Å². The monoisotopic (exact) mass is 150 g/mol. The topological polar surface area (TPSA) is 26.3 Å². The largest absolute Gasteiger partial charge is 0.469 e. The van der Waals surface area contributed by atoms with Gasteiger partial charge in [0.25, 0.3) is 0 Å². The van der Waals surface area contributed by atoms with E-state index >= 15 is 0 Å². The van der Waals surface area contributed by atoms with Crippen LogP contribution in [0.1, 0.15) is 0 Å². The van der Waals surface area contributed by atoms with Crippen LogP contribution in [-0.4, -0.2) is 13.1 Å². The van der Waals surface area contributed by atoms with Crippen molar-refractivity contribution in [3.8, 4) is 0 Å². The van der Waals surface area contributed by atoms with Gasteiger partial charge in [-0.2, -0.15) is 0 Å². The molecule has 0 aromatic carbocycles. The molecule has 0 aromatic heterocycles. The molecule has 5 fully saturated rings. The Kier molecular flexibility index (Phi) is 0.534. The van der Waals surface area contributed by atoms with E-state index in [1.165, 1.54) is 7.11 Å². The molecule has 2 nitrogen and oxygen atoms in total. The highest BCUT2D eigenvalue weighted by Crippen LogP contribution is 2.93. The molecule has 58 valence electrons. The second-order valence-corrected chi connectivity index (χ2v) is 4.51. The molecule has 0 aliphatic heterocycles. The van der Waals surface area contributed by atoms with Gasteiger partial charge in [0.1, 0.15) is 0 Å². The highest BCUT2D eigenvalue weighted by molar-refractivity contribution is 5.77. The predicted molar refractivity (Wildman–Crippen MR) is 36.4 cm³/mol. The summed E-state index contributed by atoms with van der Waals surface area (Å²) in [5.74, 6) is 5.90. The first-order valence-electron chi connectivity index (χ1n) is 4.44. The van der Waals surface area contributed by atoms with E-state index in [0.29, 0.717) is 5.92 Å². The van der Waals surface area contributed by atoms with Gasteiger partial charge in [0.05, 0.1) is 13.0 Å². The van der Waals surface area contributed by atoms with Crippen LogP contribution < -0.4 is 0 Å². The summed E-state index contributed by atoms with van der Waals surface area (Å²) in [6.45, 7) is 0. The lowest BCUT2D eigenvalue weighted by molar-refractivity contribution is -0.146. The summed E-state index contributed by atoms with van der Waals surface area (Å²) in [6, 6.07) is 0. The van der Waals surface area contributed by atoms with Crippen molar-refractivity contribution in [1.82, 2.24) is 0 Å². The molecule has 0 unspecified atom stereocenters. The molecule has 5 rings (SSSR count). The second kappa shape index (κ2) is 1.13. The molecule has 0 radical (unpaired) electrons. The molecule has 5 saturated carbocycles. The Balaban J connectivity index is 1.73. The van der Waals surface area contributed by atoms with Gasteiger partial charge < -0.3 is 4.74 Å². The molecule has 0 aromatic rings. The second-order valence-electron chi connectivity index (χ2n) is 4.51. The van der Waals surface area contributed by atoms with Gasteiger partial charge in [-0.3, -0.25) is 4.79 Å². The van der Waals surface area contributed by atoms with Crippen molar-refractivity contribution in [3.63, 3.8) is 0 Å². The summed E-state index contributed by atoms with van der Waals surface area (Å²) in [4.78, 5) is 11.3. The standard InChI is InChI=1S/C9H10O2/c1-11-9(10)8-6-2-3(6)5-4(2)7(5)8/h2-8H,1H3. The summed E-state index contributed by atoms with van der Waals surface area (Å²) in [5.41, 5.74) is 0. The maximum Gasteiger partial charge on any atom is 0.309 e. The number of ether oxygens (including phenoxy) is 1. The van der Waals surface area contributed by atoms with Crippen LogP contribution in [-0.2, 0) is 9.53 Å². The van der Waals surface area contributed by atoms with Gasteiger partial charge in [-0.1, -0.05) is 0 Å². The van der Waals surface area contributed by atoms with Gasteiger partial charge >= 0.3 is 5.97 Å².